The van der Waals surface area contributed by atoms with Crippen molar-refractivity contribution in [3.8, 4) is 0 Å². The van der Waals surface area contributed by atoms with Gasteiger partial charge >= 0.3 is 0 Å². The van der Waals surface area contributed by atoms with Crippen molar-refractivity contribution in [1.82, 2.24) is 4.98 Å². The van der Waals surface area contributed by atoms with Crippen LogP contribution in [0, 0.1) is 12.8 Å². The van der Waals surface area contributed by atoms with E-state index in [1.165, 1.54) is 30.4 Å². The molecule has 2 rings (SSSR count). The smallest absolute Gasteiger partial charge is 0.0303 e. The predicted molar refractivity (Wildman–Crippen MR) is 67.3 cm³/mol. The van der Waals surface area contributed by atoms with Gasteiger partial charge in [0.15, 0.2) is 0 Å². The normalized spacial score (nSPS) is 30.3. The van der Waals surface area contributed by atoms with Crippen molar-refractivity contribution < 1.29 is 0 Å². The Hall–Kier alpha value is -0.890. The monoisotopic (exact) mass is 218 g/mol. The first-order chi connectivity index (χ1) is 7.70. The number of rotatable bonds is 2. The maximum Gasteiger partial charge on any atom is 0.0303 e. The number of pyridine rings is 1. The van der Waals surface area contributed by atoms with E-state index in [4.69, 9.17) is 5.73 Å². The van der Waals surface area contributed by atoms with Crippen molar-refractivity contribution in [2.75, 3.05) is 0 Å². The van der Waals surface area contributed by atoms with Crippen LogP contribution in [0.3, 0.4) is 0 Å². The summed E-state index contributed by atoms with van der Waals surface area (Å²) in [6, 6.07) is 2.57. The third-order valence-electron chi connectivity index (χ3n) is 3.91. The summed E-state index contributed by atoms with van der Waals surface area (Å²) in [7, 11) is 0. The molecule has 88 valence electrons. The predicted octanol–water partition coefficient (Wildman–Crippen LogP) is 3.01. The zero-order valence-electron chi connectivity index (χ0n) is 10.3. The number of nitrogens with two attached hydrogens (primary N) is 1. The fraction of sp³-hybridized carbons (Fsp3) is 0.643. The molecule has 1 heterocycles. The lowest BCUT2D eigenvalue weighted by Crippen LogP contribution is -2.34. The number of hydrogen-bond donors (Lipinski definition) is 1. The van der Waals surface area contributed by atoms with Gasteiger partial charge in [-0.2, -0.15) is 0 Å². The van der Waals surface area contributed by atoms with Crippen LogP contribution in [0.15, 0.2) is 18.5 Å². The Bertz CT molecular complexity index is 348. The van der Waals surface area contributed by atoms with E-state index in [1.54, 1.807) is 0 Å². The van der Waals surface area contributed by atoms with Gasteiger partial charge in [0.1, 0.15) is 0 Å². The molecule has 2 heteroatoms. The zero-order valence-corrected chi connectivity index (χ0v) is 10.3. The van der Waals surface area contributed by atoms with Crippen LogP contribution in [0.25, 0.3) is 0 Å². The molecule has 0 aromatic carbocycles. The van der Waals surface area contributed by atoms with E-state index in [0.29, 0.717) is 12.0 Å². The van der Waals surface area contributed by atoms with Crippen molar-refractivity contribution in [2.24, 2.45) is 11.7 Å². The molecule has 16 heavy (non-hydrogen) atoms. The number of aromatic nitrogens is 1. The SMILES string of the molecule is CCC1CCC(N)C(c2cncc(C)c2)C1. The van der Waals surface area contributed by atoms with Crippen LogP contribution < -0.4 is 5.73 Å². The minimum atomic E-state index is 0.325. The topological polar surface area (TPSA) is 38.9 Å². The first-order valence-electron chi connectivity index (χ1n) is 6.37. The highest BCUT2D eigenvalue weighted by Gasteiger charge is 2.28. The van der Waals surface area contributed by atoms with E-state index >= 15 is 0 Å². The summed E-state index contributed by atoms with van der Waals surface area (Å²) >= 11 is 0. The molecule has 0 spiro atoms. The number of nitrogens with zero attached hydrogens (tertiary/aromatic N) is 1. The minimum Gasteiger partial charge on any atom is -0.327 e. The van der Waals surface area contributed by atoms with Crippen molar-refractivity contribution in [3.63, 3.8) is 0 Å². The van der Waals surface area contributed by atoms with E-state index < -0.39 is 0 Å². The molecule has 0 amide bonds. The first kappa shape index (κ1) is 11.6. The average molecular weight is 218 g/mol. The highest BCUT2D eigenvalue weighted by atomic mass is 14.7. The summed E-state index contributed by atoms with van der Waals surface area (Å²) in [5.74, 6) is 1.37. The van der Waals surface area contributed by atoms with Crippen molar-refractivity contribution in [3.05, 3.63) is 29.6 Å². The Morgan fingerprint density at radius 2 is 2.19 bits per heavy atom. The summed E-state index contributed by atoms with van der Waals surface area (Å²) < 4.78 is 0. The quantitative estimate of drug-likeness (QED) is 0.828. The molecule has 0 bridgehead atoms. The molecule has 2 N–H and O–H groups in total. The van der Waals surface area contributed by atoms with Gasteiger partial charge in [0.25, 0.3) is 0 Å². The van der Waals surface area contributed by atoms with Crippen LogP contribution in [-0.2, 0) is 0 Å². The van der Waals surface area contributed by atoms with Gasteiger partial charge in [-0.05, 0) is 43.2 Å². The second-order valence-corrected chi connectivity index (χ2v) is 5.15. The van der Waals surface area contributed by atoms with Gasteiger partial charge in [0.05, 0.1) is 0 Å². The molecular formula is C14H22N2. The van der Waals surface area contributed by atoms with Gasteiger partial charge in [-0.3, -0.25) is 4.98 Å². The van der Waals surface area contributed by atoms with Crippen LogP contribution in [0.1, 0.15) is 49.7 Å². The largest absolute Gasteiger partial charge is 0.327 e. The van der Waals surface area contributed by atoms with Crippen LogP contribution in [-0.4, -0.2) is 11.0 Å². The Morgan fingerprint density at radius 3 is 2.88 bits per heavy atom. The molecule has 1 aliphatic carbocycles. The van der Waals surface area contributed by atoms with Crippen LogP contribution in [0.2, 0.25) is 0 Å². The van der Waals surface area contributed by atoms with E-state index in [1.807, 2.05) is 12.4 Å². The summed E-state index contributed by atoms with van der Waals surface area (Å²) in [5.41, 5.74) is 8.83. The zero-order chi connectivity index (χ0) is 11.5. The van der Waals surface area contributed by atoms with Gasteiger partial charge in [0, 0.05) is 24.4 Å². The van der Waals surface area contributed by atoms with Gasteiger partial charge in [-0.1, -0.05) is 19.4 Å². The summed E-state index contributed by atoms with van der Waals surface area (Å²) in [4.78, 5) is 4.29. The molecule has 1 aromatic rings. The maximum absolute atomic E-state index is 6.25. The third kappa shape index (κ3) is 2.43. The minimum absolute atomic E-state index is 0.325. The fourth-order valence-electron chi connectivity index (χ4n) is 2.82. The van der Waals surface area contributed by atoms with Crippen molar-refractivity contribution in [1.29, 1.82) is 0 Å². The van der Waals surface area contributed by atoms with Crippen LogP contribution in [0.5, 0.6) is 0 Å². The number of hydrogen-bond acceptors (Lipinski definition) is 2. The third-order valence-corrected chi connectivity index (χ3v) is 3.91. The lowest BCUT2D eigenvalue weighted by atomic mass is 9.74. The first-order valence-corrected chi connectivity index (χ1v) is 6.37. The number of aryl methyl sites for hydroxylation is 1. The lowest BCUT2D eigenvalue weighted by Gasteiger charge is -2.34. The summed E-state index contributed by atoms with van der Waals surface area (Å²) in [5, 5.41) is 0. The molecule has 0 aliphatic heterocycles. The fourth-order valence-corrected chi connectivity index (χ4v) is 2.82. The van der Waals surface area contributed by atoms with Crippen LogP contribution >= 0.6 is 0 Å². The molecule has 2 nitrogen and oxygen atoms in total. The van der Waals surface area contributed by atoms with Crippen molar-refractivity contribution in [2.45, 2.75) is 51.5 Å². The standard InChI is InChI=1S/C14H22N2/c1-3-11-4-5-14(15)13(7-11)12-6-10(2)8-16-9-12/h6,8-9,11,13-14H,3-5,7,15H2,1-2H3. The highest BCUT2D eigenvalue weighted by Crippen LogP contribution is 2.36. The van der Waals surface area contributed by atoms with E-state index in [0.717, 1.165) is 12.3 Å². The highest BCUT2D eigenvalue weighted by molar-refractivity contribution is 5.23. The Kier molecular flexibility index (Phi) is 3.59. The van der Waals surface area contributed by atoms with E-state index in [-0.39, 0.29) is 0 Å². The summed E-state index contributed by atoms with van der Waals surface area (Å²) in [6.07, 6.45) is 8.89. The van der Waals surface area contributed by atoms with Crippen molar-refractivity contribution >= 4 is 0 Å². The van der Waals surface area contributed by atoms with E-state index in [9.17, 15) is 0 Å². The molecule has 1 aromatic heterocycles. The van der Waals surface area contributed by atoms with Gasteiger partial charge in [-0.15, -0.1) is 0 Å². The molecule has 3 unspecified atom stereocenters. The van der Waals surface area contributed by atoms with Crippen LogP contribution in [0.4, 0.5) is 0 Å². The molecule has 3 atom stereocenters. The Morgan fingerprint density at radius 1 is 1.38 bits per heavy atom. The molecule has 1 saturated carbocycles. The Labute approximate surface area is 98.3 Å². The molecule has 1 fully saturated rings. The molecule has 0 saturated heterocycles. The van der Waals surface area contributed by atoms with Gasteiger partial charge in [-0.25, -0.2) is 0 Å². The molecule has 0 radical (unpaired) electrons. The molecular weight excluding hydrogens is 196 g/mol. The second kappa shape index (κ2) is 4.96. The lowest BCUT2D eigenvalue weighted by molar-refractivity contribution is 0.282. The second-order valence-electron chi connectivity index (χ2n) is 5.15. The van der Waals surface area contributed by atoms with Gasteiger partial charge < -0.3 is 5.73 Å². The summed E-state index contributed by atoms with van der Waals surface area (Å²) in [6.45, 7) is 4.38. The average Bonchev–Trinajstić information content (AvgIpc) is 2.30. The molecule has 1 aliphatic rings. The maximum atomic E-state index is 6.25. The van der Waals surface area contributed by atoms with Gasteiger partial charge in [0.2, 0.25) is 0 Å². The van der Waals surface area contributed by atoms with E-state index in [2.05, 4.69) is 24.9 Å². The Balaban J connectivity index is 2.17.